The van der Waals surface area contributed by atoms with E-state index < -0.39 is 0 Å². The molecule has 132 valence electrons. The molecular weight excluding hydrogens is 348 g/mol. The Balaban J connectivity index is 1.53. The molecule has 1 aromatic carbocycles. The molecule has 6 heteroatoms. The van der Waals surface area contributed by atoms with E-state index in [-0.39, 0.29) is 0 Å². The van der Waals surface area contributed by atoms with E-state index in [0.717, 1.165) is 43.0 Å². The van der Waals surface area contributed by atoms with Gasteiger partial charge in [0.15, 0.2) is 0 Å². The second-order valence-electron chi connectivity index (χ2n) is 6.56. The number of benzene rings is 1. The molecule has 1 aliphatic rings. The molecule has 1 saturated heterocycles. The third-order valence-corrected chi connectivity index (χ3v) is 5.38. The Bertz CT molecular complexity index is 983. The third kappa shape index (κ3) is 2.97. The number of piperidine rings is 1. The summed E-state index contributed by atoms with van der Waals surface area (Å²) in [6, 6.07) is 9.90. The van der Waals surface area contributed by atoms with Crippen molar-refractivity contribution >= 4 is 28.3 Å². The normalized spacial score (nSPS) is 15.2. The minimum Gasteiger partial charge on any atom is -0.497 e. The van der Waals surface area contributed by atoms with Crippen LogP contribution in [0.1, 0.15) is 29.9 Å². The lowest BCUT2D eigenvalue weighted by Gasteiger charge is -2.33. The molecule has 4 rings (SSSR count). The minimum atomic E-state index is 0.487. The van der Waals surface area contributed by atoms with E-state index in [1.807, 2.05) is 6.07 Å². The lowest BCUT2D eigenvalue weighted by atomic mass is 9.89. The summed E-state index contributed by atoms with van der Waals surface area (Å²) < 4.78 is 5.37. The second kappa shape index (κ2) is 6.89. The molecule has 0 saturated carbocycles. The van der Waals surface area contributed by atoms with Crippen LogP contribution in [-0.2, 0) is 0 Å². The SMILES string of the molecule is COc1ccc2[nH]cc(C3CCN(c4ncc(C#N)cc4Cl)CC3)c2c1. The van der Waals surface area contributed by atoms with Gasteiger partial charge in [-0.05, 0) is 48.6 Å². The van der Waals surface area contributed by atoms with Gasteiger partial charge in [0.05, 0.1) is 17.7 Å². The highest BCUT2D eigenvalue weighted by atomic mass is 35.5. The predicted molar refractivity (Wildman–Crippen MR) is 103 cm³/mol. The van der Waals surface area contributed by atoms with Crippen molar-refractivity contribution in [3.63, 3.8) is 0 Å². The second-order valence-corrected chi connectivity index (χ2v) is 6.97. The monoisotopic (exact) mass is 366 g/mol. The molecule has 0 amide bonds. The molecule has 0 radical (unpaired) electrons. The standard InChI is InChI=1S/C20H19ClN4O/c1-26-15-2-3-19-16(9-15)17(12-23-19)14-4-6-25(7-5-14)20-18(21)8-13(10-22)11-24-20/h2-3,8-9,11-12,14,23H,4-7H2,1H3. The van der Waals surface area contributed by atoms with Gasteiger partial charge in [-0.25, -0.2) is 4.98 Å². The van der Waals surface area contributed by atoms with Crippen LogP contribution in [0.4, 0.5) is 5.82 Å². The van der Waals surface area contributed by atoms with Crippen molar-refractivity contribution in [2.45, 2.75) is 18.8 Å². The fraction of sp³-hybridized carbons (Fsp3) is 0.300. The van der Waals surface area contributed by atoms with E-state index in [0.29, 0.717) is 16.5 Å². The molecule has 0 atom stereocenters. The molecule has 0 spiro atoms. The number of anilines is 1. The summed E-state index contributed by atoms with van der Waals surface area (Å²) in [4.78, 5) is 9.95. The zero-order chi connectivity index (χ0) is 18.1. The zero-order valence-electron chi connectivity index (χ0n) is 14.5. The lowest BCUT2D eigenvalue weighted by molar-refractivity contribution is 0.415. The zero-order valence-corrected chi connectivity index (χ0v) is 15.3. The number of nitriles is 1. The summed E-state index contributed by atoms with van der Waals surface area (Å²) in [5, 5.41) is 10.7. The molecule has 1 aliphatic heterocycles. The summed E-state index contributed by atoms with van der Waals surface area (Å²) >= 11 is 6.31. The summed E-state index contributed by atoms with van der Waals surface area (Å²) in [6.45, 7) is 1.78. The van der Waals surface area contributed by atoms with Crippen LogP contribution in [0, 0.1) is 11.3 Å². The van der Waals surface area contributed by atoms with Gasteiger partial charge in [-0.1, -0.05) is 11.6 Å². The number of fused-ring (bicyclic) bond motifs is 1. The molecule has 1 fully saturated rings. The highest BCUT2D eigenvalue weighted by Crippen LogP contribution is 2.36. The maximum Gasteiger partial charge on any atom is 0.147 e. The van der Waals surface area contributed by atoms with Crippen LogP contribution in [0.2, 0.25) is 5.02 Å². The Labute approximate surface area is 157 Å². The fourth-order valence-corrected chi connectivity index (χ4v) is 4.00. The molecule has 0 unspecified atom stereocenters. The van der Waals surface area contributed by atoms with E-state index in [2.05, 4.69) is 39.3 Å². The van der Waals surface area contributed by atoms with Gasteiger partial charge in [0.25, 0.3) is 0 Å². The van der Waals surface area contributed by atoms with Crippen molar-refractivity contribution in [1.82, 2.24) is 9.97 Å². The molecule has 2 aromatic heterocycles. The number of rotatable bonds is 3. The highest BCUT2D eigenvalue weighted by molar-refractivity contribution is 6.33. The van der Waals surface area contributed by atoms with Crippen LogP contribution in [-0.4, -0.2) is 30.2 Å². The quantitative estimate of drug-likeness (QED) is 0.742. The molecular formula is C20H19ClN4O. The van der Waals surface area contributed by atoms with Crippen molar-refractivity contribution in [1.29, 1.82) is 5.26 Å². The molecule has 0 aliphatic carbocycles. The van der Waals surface area contributed by atoms with Gasteiger partial charge < -0.3 is 14.6 Å². The first-order valence-corrected chi connectivity index (χ1v) is 9.03. The first kappa shape index (κ1) is 16.7. The van der Waals surface area contributed by atoms with Crippen LogP contribution < -0.4 is 9.64 Å². The Kier molecular flexibility index (Phi) is 4.44. The Hall–Kier alpha value is -2.71. The van der Waals surface area contributed by atoms with Crippen LogP contribution in [0.3, 0.4) is 0 Å². The average Bonchev–Trinajstić information content (AvgIpc) is 3.11. The van der Waals surface area contributed by atoms with E-state index in [1.54, 1.807) is 19.4 Å². The van der Waals surface area contributed by atoms with Crippen molar-refractivity contribution in [3.8, 4) is 11.8 Å². The number of halogens is 1. The number of pyridine rings is 1. The first-order valence-electron chi connectivity index (χ1n) is 8.65. The van der Waals surface area contributed by atoms with Gasteiger partial charge in [-0.2, -0.15) is 5.26 Å². The van der Waals surface area contributed by atoms with E-state index in [1.165, 1.54) is 10.9 Å². The van der Waals surface area contributed by atoms with Crippen LogP contribution in [0.15, 0.2) is 36.7 Å². The molecule has 0 bridgehead atoms. The van der Waals surface area contributed by atoms with Crippen LogP contribution >= 0.6 is 11.6 Å². The Morgan fingerprint density at radius 1 is 1.31 bits per heavy atom. The number of H-pyrrole nitrogens is 1. The maximum atomic E-state index is 8.95. The van der Waals surface area contributed by atoms with Gasteiger partial charge in [-0.3, -0.25) is 0 Å². The number of methoxy groups -OCH3 is 1. The van der Waals surface area contributed by atoms with E-state index in [9.17, 15) is 0 Å². The van der Waals surface area contributed by atoms with E-state index >= 15 is 0 Å². The van der Waals surface area contributed by atoms with Gasteiger partial charge >= 0.3 is 0 Å². The number of hydrogen-bond acceptors (Lipinski definition) is 4. The van der Waals surface area contributed by atoms with Gasteiger partial charge in [0.2, 0.25) is 0 Å². The van der Waals surface area contributed by atoms with Crippen molar-refractivity contribution in [2.24, 2.45) is 0 Å². The number of aromatic amines is 1. The van der Waals surface area contributed by atoms with Crippen LogP contribution in [0.5, 0.6) is 5.75 Å². The molecule has 1 N–H and O–H groups in total. The average molecular weight is 367 g/mol. The first-order chi connectivity index (χ1) is 12.7. The lowest BCUT2D eigenvalue weighted by Crippen LogP contribution is -2.33. The van der Waals surface area contributed by atoms with Crippen LogP contribution in [0.25, 0.3) is 10.9 Å². The van der Waals surface area contributed by atoms with Crippen molar-refractivity contribution < 1.29 is 4.74 Å². The summed E-state index contributed by atoms with van der Waals surface area (Å²) in [6.07, 6.45) is 5.76. The fourth-order valence-electron chi connectivity index (χ4n) is 3.71. The Morgan fingerprint density at radius 2 is 2.12 bits per heavy atom. The van der Waals surface area contributed by atoms with Gasteiger partial charge in [0, 0.05) is 36.4 Å². The van der Waals surface area contributed by atoms with Gasteiger partial charge in [-0.15, -0.1) is 0 Å². The van der Waals surface area contributed by atoms with Crippen molar-refractivity contribution in [3.05, 3.63) is 52.8 Å². The predicted octanol–water partition coefficient (Wildman–Crippen LogP) is 4.48. The maximum absolute atomic E-state index is 8.95. The summed E-state index contributed by atoms with van der Waals surface area (Å²) in [5.74, 6) is 2.14. The largest absolute Gasteiger partial charge is 0.497 e. The number of hydrogen-bond donors (Lipinski definition) is 1. The minimum absolute atomic E-state index is 0.487. The van der Waals surface area contributed by atoms with E-state index in [4.69, 9.17) is 21.6 Å². The topological polar surface area (TPSA) is 64.9 Å². The summed E-state index contributed by atoms with van der Waals surface area (Å²) in [7, 11) is 1.69. The molecule has 3 heterocycles. The highest BCUT2D eigenvalue weighted by Gasteiger charge is 2.25. The number of aromatic nitrogens is 2. The van der Waals surface area contributed by atoms with Gasteiger partial charge in [0.1, 0.15) is 17.6 Å². The number of nitrogens with one attached hydrogen (secondary N) is 1. The van der Waals surface area contributed by atoms with Crippen molar-refractivity contribution in [2.75, 3.05) is 25.1 Å². The molecule has 5 nitrogen and oxygen atoms in total. The Morgan fingerprint density at radius 3 is 2.81 bits per heavy atom. The number of ether oxygens (including phenoxy) is 1. The smallest absolute Gasteiger partial charge is 0.147 e. The number of nitrogens with zero attached hydrogens (tertiary/aromatic N) is 3. The third-order valence-electron chi connectivity index (χ3n) is 5.11. The summed E-state index contributed by atoms with van der Waals surface area (Å²) in [5.41, 5.74) is 2.97. The molecule has 3 aromatic rings. The molecule has 26 heavy (non-hydrogen) atoms.